The van der Waals surface area contributed by atoms with E-state index in [2.05, 4.69) is 10.6 Å². The zero-order valence-corrected chi connectivity index (χ0v) is 22.0. The van der Waals surface area contributed by atoms with Gasteiger partial charge in [0.2, 0.25) is 5.91 Å². The second-order valence-electron chi connectivity index (χ2n) is 12.1. The van der Waals surface area contributed by atoms with Gasteiger partial charge in [0, 0.05) is 28.6 Å². The summed E-state index contributed by atoms with van der Waals surface area (Å²) < 4.78 is 35.7. The van der Waals surface area contributed by atoms with Crippen LogP contribution in [0.4, 0.5) is 8.78 Å². The molecule has 2 aromatic carbocycles. The average molecular weight is 533 g/mol. The number of rotatable bonds is 4. The van der Waals surface area contributed by atoms with Crippen molar-refractivity contribution in [3.05, 3.63) is 64.2 Å². The fraction of sp³-hybridized carbons (Fsp3) is 0.500. The highest BCUT2D eigenvalue weighted by Gasteiger charge is 2.68. The van der Waals surface area contributed by atoms with Gasteiger partial charge in [-0.2, -0.15) is 0 Å². The van der Waals surface area contributed by atoms with Crippen LogP contribution in [-0.2, 0) is 15.0 Å². The third-order valence-corrected chi connectivity index (χ3v) is 8.05. The molecular weight excluding hydrogens is 502 g/mol. The van der Waals surface area contributed by atoms with Crippen molar-refractivity contribution in [2.45, 2.75) is 82.0 Å². The Kier molecular flexibility index (Phi) is 6.17. The molecule has 2 aromatic rings. The predicted octanol–water partition coefficient (Wildman–Crippen LogP) is 4.37. The van der Waals surface area contributed by atoms with Crippen molar-refractivity contribution < 1.29 is 28.2 Å². The molecule has 9 heteroatoms. The molecule has 1 aliphatic carbocycles. The molecule has 1 spiro atoms. The molecule has 2 aliphatic heterocycles. The maximum Gasteiger partial charge on any atom is 0.324 e. The van der Waals surface area contributed by atoms with Gasteiger partial charge in [0.25, 0.3) is 0 Å². The SMILES string of the molecule is CC(C)(C)CC1NC(C(=O)NC2CC(C)(O)C2)C(c2cccc(F)c2F)C12C(=O)Oc1cc(Cl)ccc12. The Bertz CT molecular complexity index is 1270. The lowest BCUT2D eigenvalue weighted by atomic mass is 9.62. The van der Waals surface area contributed by atoms with Crippen molar-refractivity contribution in [1.29, 1.82) is 0 Å². The van der Waals surface area contributed by atoms with Crippen LogP contribution in [0.5, 0.6) is 5.75 Å². The quantitative estimate of drug-likeness (QED) is 0.402. The molecule has 0 radical (unpaired) electrons. The minimum Gasteiger partial charge on any atom is -0.425 e. The third kappa shape index (κ3) is 4.33. The van der Waals surface area contributed by atoms with Crippen molar-refractivity contribution in [2.24, 2.45) is 5.41 Å². The van der Waals surface area contributed by atoms with E-state index < -0.39 is 52.5 Å². The van der Waals surface area contributed by atoms with Crippen LogP contribution in [0.15, 0.2) is 36.4 Å². The van der Waals surface area contributed by atoms with Crippen LogP contribution in [0, 0.1) is 17.0 Å². The highest BCUT2D eigenvalue weighted by atomic mass is 35.5. The molecule has 0 bridgehead atoms. The van der Waals surface area contributed by atoms with E-state index in [1.54, 1.807) is 19.1 Å². The minimum atomic E-state index is -1.51. The first-order valence-corrected chi connectivity index (χ1v) is 12.9. The predicted molar refractivity (Wildman–Crippen MR) is 134 cm³/mol. The summed E-state index contributed by atoms with van der Waals surface area (Å²) >= 11 is 6.19. The molecule has 4 unspecified atom stereocenters. The average Bonchev–Trinajstić information content (AvgIpc) is 3.23. The molecule has 4 atom stereocenters. The molecule has 5 rings (SSSR count). The summed E-state index contributed by atoms with van der Waals surface area (Å²) in [6, 6.07) is 6.67. The number of nitrogens with one attached hydrogen (secondary N) is 2. The summed E-state index contributed by atoms with van der Waals surface area (Å²) in [6.07, 6.45) is 1.20. The number of halogens is 3. The monoisotopic (exact) mass is 532 g/mol. The van der Waals surface area contributed by atoms with Gasteiger partial charge < -0.3 is 20.5 Å². The smallest absolute Gasteiger partial charge is 0.324 e. The fourth-order valence-corrected chi connectivity index (χ4v) is 6.57. The summed E-state index contributed by atoms with van der Waals surface area (Å²) in [5.41, 5.74) is -2.25. The minimum absolute atomic E-state index is 0.0792. The Morgan fingerprint density at radius 2 is 1.95 bits per heavy atom. The number of esters is 1. The van der Waals surface area contributed by atoms with E-state index in [9.17, 15) is 19.1 Å². The number of aliphatic hydroxyl groups is 1. The lowest BCUT2D eigenvalue weighted by Gasteiger charge is -2.42. The Hall–Kier alpha value is -2.55. The van der Waals surface area contributed by atoms with Crippen LogP contribution in [0.1, 0.15) is 64.0 Å². The summed E-state index contributed by atoms with van der Waals surface area (Å²) in [5, 5.41) is 16.8. The third-order valence-electron chi connectivity index (χ3n) is 7.82. The fourth-order valence-electron chi connectivity index (χ4n) is 6.40. The molecule has 1 saturated carbocycles. The number of benzene rings is 2. The van der Waals surface area contributed by atoms with Gasteiger partial charge >= 0.3 is 5.97 Å². The number of amides is 1. The molecule has 2 fully saturated rings. The van der Waals surface area contributed by atoms with Gasteiger partial charge in [-0.05, 0) is 55.4 Å². The molecular formula is C28H31ClF2N2O4. The lowest BCUT2D eigenvalue weighted by Crippen LogP contribution is -2.57. The van der Waals surface area contributed by atoms with Crippen LogP contribution in [0.25, 0.3) is 0 Å². The van der Waals surface area contributed by atoms with E-state index in [-0.39, 0.29) is 22.8 Å². The zero-order chi connectivity index (χ0) is 26.9. The molecule has 3 aliphatic rings. The molecule has 3 N–H and O–H groups in total. The van der Waals surface area contributed by atoms with E-state index in [0.29, 0.717) is 29.8 Å². The number of fused-ring (bicyclic) bond motifs is 2. The van der Waals surface area contributed by atoms with Gasteiger partial charge in [0.05, 0.1) is 11.6 Å². The first-order chi connectivity index (χ1) is 17.2. The van der Waals surface area contributed by atoms with Gasteiger partial charge in [-0.3, -0.25) is 9.59 Å². The van der Waals surface area contributed by atoms with E-state index >= 15 is 4.39 Å². The number of ether oxygens (including phenoxy) is 1. The molecule has 0 aromatic heterocycles. The van der Waals surface area contributed by atoms with Crippen molar-refractivity contribution in [1.82, 2.24) is 10.6 Å². The summed E-state index contributed by atoms with van der Waals surface area (Å²) in [5.74, 6) is -4.11. The first-order valence-electron chi connectivity index (χ1n) is 12.5. The zero-order valence-electron chi connectivity index (χ0n) is 21.2. The van der Waals surface area contributed by atoms with Gasteiger partial charge in [-0.15, -0.1) is 0 Å². The number of carbonyl (C=O) groups is 2. The second-order valence-corrected chi connectivity index (χ2v) is 12.5. The Labute approximate surface area is 219 Å². The number of carbonyl (C=O) groups excluding carboxylic acids is 2. The van der Waals surface area contributed by atoms with Gasteiger partial charge in [0.1, 0.15) is 11.2 Å². The van der Waals surface area contributed by atoms with Crippen LogP contribution >= 0.6 is 11.6 Å². The summed E-state index contributed by atoms with van der Waals surface area (Å²) in [4.78, 5) is 27.6. The highest BCUT2D eigenvalue weighted by molar-refractivity contribution is 6.30. The second kappa shape index (κ2) is 8.75. The van der Waals surface area contributed by atoms with E-state index in [0.717, 1.165) is 6.07 Å². The molecule has 37 heavy (non-hydrogen) atoms. The molecule has 1 saturated heterocycles. The highest BCUT2D eigenvalue weighted by Crippen LogP contribution is 2.57. The van der Waals surface area contributed by atoms with E-state index in [4.69, 9.17) is 16.3 Å². The number of hydrogen-bond acceptors (Lipinski definition) is 5. The summed E-state index contributed by atoms with van der Waals surface area (Å²) in [7, 11) is 0. The van der Waals surface area contributed by atoms with Crippen molar-refractivity contribution in [2.75, 3.05) is 0 Å². The number of hydrogen-bond donors (Lipinski definition) is 3. The van der Waals surface area contributed by atoms with Crippen LogP contribution in [0.2, 0.25) is 5.02 Å². The largest absolute Gasteiger partial charge is 0.425 e. The molecule has 1 amide bonds. The van der Waals surface area contributed by atoms with Crippen LogP contribution in [-0.4, -0.2) is 40.7 Å². The van der Waals surface area contributed by atoms with Gasteiger partial charge in [-0.25, -0.2) is 8.78 Å². The molecule has 2 heterocycles. The Morgan fingerprint density at radius 3 is 2.59 bits per heavy atom. The normalized spacial score (nSPS) is 32.7. The van der Waals surface area contributed by atoms with Gasteiger partial charge in [-0.1, -0.05) is 50.6 Å². The van der Waals surface area contributed by atoms with Crippen LogP contribution in [0.3, 0.4) is 0 Å². The standard InChI is InChI=1S/C28H31ClF2N2O4/c1-26(2,3)13-20-28(17-9-8-14(29)10-19(17)37-25(28)35)21(16-6-5-7-18(30)22(16)31)23(33-20)24(34)32-15-11-27(4,36)12-15/h5-10,15,20-21,23,33,36H,11-13H2,1-4H3,(H,32,34). The molecule has 198 valence electrons. The maximum atomic E-state index is 15.5. The summed E-state index contributed by atoms with van der Waals surface area (Å²) in [6.45, 7) is 7.71. The molecule has 6 nitrogen and oxygen atoms in total. The van der Waals surface area contributed by atoms with Crippen molar-refractivity contribution >= 4 is 23.5 Å². The topological polar surface area (TPSA) is 87.7 Å². The van der Waals surface area contributed by atoms with Crippen molar-refractivity contribution in [3.8, 4) is 5.75 Å². The van der Waals surface area contributed by atoms with Gasteiger partial charge in [0.15, 0.2) is 11.6 Å². The Morgan fingerprint density at radius 1 is 1.24 bits per heavy atom. The first kappa shape index (κ1) is 26.1. The van der Waals surface area contributed by atoms with Crippen LogP contribution < -0.4 is 15.4 Å². The lowest BCUT2D eigenvalue weighted by molar-refractivity contribution is -0.139. The van der Waals surface area contributed by atoms with E-state index in [1.807, 2.05) is 20.8 Å². The maximum absolute atomic E-state index is 15.5. The van der Waals surface area contributed by atoms with Crippen molar-refractivity contribution in [3.63, 3.8) is 0 Å². The van der Waals surface area contributed by atoms with E-state index in [1.165, 1.54) is 18.2 Å². The Balaban J connectivity index is 1.69.